The van der Waals surface area contributed by atoms with E-state index in [0.717, 1.165) is 12.1 Å². The number of aromatic nitrogens is 2. The Hall–Kier alpha value is -1.34. The summed E-state index contributed by atoms with van der Waals surface area (Å²) >= 11 is 3.25. The first-order chi connectivity index (χ1) is 9.34. The van der Waals surface area contributed by atoms with Crippen LogP contribution in [0.25, 0.3) is 0 Å². The van der Waals surface area contributed by atoms with Crippen LogP contribution >= 0.6 is 15.9 Å². The third-order valence-corrected chi connectivity index (χ3v) is 3.53. The fraction of sp³-hybridized carbons (Fsp3) is 0.308. The molecule has 1 unspecified atom stereocenters. The summed E-state index contributed by atoms with van der Waals surface area (Å²) in [6, 6.07) is 4.66. The third-order valence-electron chi connectivity index (χ3n) is 2.92. The maximum atomic E-state index is 12.7. The molecule has 2 rings (SSSR count). The summed E-state index contributed by atoms with van der Waals surface area (Å²) in [5.74, 6) is 0. The van der Waals surface area contributed by atoms with E-state index in [1.54, 1.807) is 0 Å². The molecule has 1 aromatic heterocycles. The van der Waals surface area contributed by atoms with Gasteiger partial charge in [-0.3, -0.25) is 4.68 Å². The van der Waals surface area contributed by atoms with Gasteiger partial charge in [-0.05, 0) is 40.5 Å². The van der Waals surface area contributed by atoms with Gasteiger partial charge in [0.1, 0.15) is 6.10 Å². The van der Waals surface area contributed by atoms with Crippen molar-refractivity contribution in [3.05, 3.63) is 51.8 Å². The van der Waals surface area contributed by atoms with Crippen molar-refractivity contribution in [3.63, 3.8) is 0 Å². The molecule has 1 atom stereocenters. The number of rotatable bonds is 3. The van der Waals surface area contributed by atoms with Gasteiger partial charge in [-0.15, -0.1) is 0 Å². The van der Waals surface area contributed by atoms with E-state index in [-0.39, 0.29) is 5.56 Å². The lowest BCUT2D eigenvalue weighted by Crippen LogP contribution is -2.11. The monoisotopic (exact) mass is 348 g/mol. The van der Waals surface area contributed by atoms with Crippen molar-refractivity contribution < 1.29 is 18.3 Å². The van der Waals surface area contributed by atoms with Crippen LogP contribution in [0.4, 0.5) is 13.2 Å². The smallest absolute Gasteiger partial charge is 0.382 e. The summed E-state index contributed by atoms with van der Waals surface area (Å²) in [5.41, 5.74) is -0.171. The Morgan fingerprint density at radius 1 is 1.40 bits per heavy atom. The van der Waals surface area contributed by atoms with Crippen molar-refractivity contribution in [1.82, 2.24) is 9.78 Å². The Morgan fingerprint density at radius 2 is 2.10 bits per heavy atom. The van der Waals surface area contributed by atoms with Gasteiger partial charge in [0.25, 0.3) is 0 Å². The number of aliphatic hydroxyl groups is 1. The second-order valence-electron chi connectivity index (χ2n) is 4.22. The molecule has 3 nitrogen and oxygen atoms in total. The molecule has 20 heavy (non-hydrogen) atoms. The zero-order valence-electron chi connectivity index (χ0n) is 10.5. The molecule has 0 aliphatic rings. The van der Waals surface area contributed by atoms with Gasteiger partial charge >= 0.3 is 6.18 Å². The highest BCUT2D eigenvalue weighted by molar-refractivity contribution is 9.10. The molecule has 0 spiro atoms. The fourth-order valence-corrected chi connectivity index (χ4v) is 2.45. The molecule has 1 N–H and O–H groups in total. The molecule has 0 saturated heterocycles. The summed E-state index contributed by atoms with van der Waals surface area (Å²) in [7, 11) is 0. The van der Waals surface area contributed by atoms with Gasteiger partial charge in [0.05, 0.1) is 21.9 Å². The first kappa shape index (κ1) is 15.1. The summed E-state index contributed by atoms with van der Waals surface area (Å²) in [6.45, 7) is 2.35. The number of benzene rings is 1. The van der Waals surface area contributed by atoms with Crippen LogP contribution < -0.4 is 0 Å². The summed E-state index contributed by atoms with van der Waals surface area (Å²) in [6.07, 6.45) is -4.10. The Labute approximate surface area is 122 Å². The minimum absolute atomic E-state index is 0.177. The molecule has 0 fully saturated rings. The van der Waals surface area contributed by atoms with E-state index in [9.17, 15) is 18.3 Å². The van der Waals surface area contributed by atoms with Crippen molar-refractivity contribution in [2.75, 3.05) is 0 Å². The van der Waals surface area contributed by atoms with E-state index < -0.39 is 17.8 Å². The molecular formula is C13H12BrF3N2O. The van der Waals surface area contributed by atoms with Gasteiger partial charge in [0, 0.05) is 6.54 Å². The normalized spacial score (nSPS) is 13.5. The van der Waals surface area contributed by atoms with Crippen LogP contribution in [0.3, 0.4) is 0 Å². The maximum Gasteiger partial charge on any atom is 0.416 e. The SMILES string of the molecule is CCn1ncc(Br)c1C(O)c1cccc(C(F)(F)F)c1. The largest absolute Gasteiger partial charge is 0.416 e. The summed E-state index contributed by atoms with van der Waals surface area (Å²) in [4.78, 5) is 0. The van der Waals surface area contributed by atoms with Crippen LogP contribution in [0.2, 0.25) is 0 Å². The molecule has 108 valence electrons. The fourth-order valence-electron chi connectivity index (χ4n) is 1.94. The lowest BCUT2D eigenvalue weighted by atomic mass is 10.0. The van der Waals surface area contributed by atoms with E-state index in [0.29, 0.717) is 16.7 Å². The standard InChI is InChI=1S/C13H12BrF3N2O/c1-2-19-11(10(14)7-18-19)12(20)8-4-3-5-9(6-8)13(15,16)17/h3-7,12,20H,2H2,1H3. The highest BCUT2D eigenvalue weighted by atomic mass is 79.9. The molecule has 2 aromatic rings. The molecule has 0 amide bonds. The molecule has 7 heteroatoms. The minimum Gasteiger partial charge on any atom is -0.382 e. The average Bonchev–Trinajstić information content (AvgIpc) is 2.78. The molecule has 0 saturated carbocycles. The van der Waals surface area contributed by atoms with Gasteiger partial charge in [-0.25, -0.2) is 0 Å². The highest BCUT2D eigenvalue weighted by Gasteiger charge is 2.31. The Kier molecular flexibility index (Phi) is 4.19. The molecule has 1 heterocycles. The molecule has 0 radical (unpaired) electrons. The molecule has 0 aliphatic heterocycles. The van der Waals surface area contributed by atoms with Crippen LogP contribution in [0.1, 0.15) is 29.8 Å². The number of hydrogen-bond donors (Lipinski definition) is 1. The zero-order chi connectivity index (χ0) is 14.9. The molecular weight excluding hydrogens is 337 g/mol. The predicted octanol–water partition coefficient (Wildman–Crippen LogP) is 3.77. The van der Waals surface area contributed by atoms with E-state index in [1.807, 2.05) is 6.92 Å². The highest BCUT2D eigenvalue weighted by Crippen LogP contribution is 2.33. The Balaban J connectivity index is 2.43. The average molecular weight is 349 g/mol. The number of hydrogen-bond acceptors (Lipinski definition) is 2. The molecule has 0 aliphatic carbocycles. The zero-order valence-corrected chi connectivity index (χ0v) is 12.1. The van der Waals surface area contributed by atoms with E-state index in [2.05, 4.69) is 21.0 Å². The van der Waals surface area contributed by atoms with Gasteiger partial charge in [0.15, 0.2) is 0 Å². The van der Waals surface area contributed by atoms with Crippen LogP contribution in [0.15, 0.2) is 34.9 Å². The maximum absolute atomic E-state index is 12.7. The number of halogens is 4. The second kappa shape index (κ2) is 5.57. The van der Waals surface area contributed by atoms with Crippen molar-refractivity contribution in [3.8, 4) is 0 Å². The van der Waals surface area contributed by atoms with Crippen molar-refractivity contribution >= 4 is 15.9 Å². The Bertz CT molecular complexity index is 610. The van der Waals surface area contributed by atoms with Gasteiger partial charge < -0.3 is 5.11 Å². The van der Waals surface area contributed by atoms with Gasteiger partial charge in [-0.2, -0.15) is 18.3 Å². The molecule has 1 aromatic carbocycles. The quantitative estimate of drug-likeness (QED) is 0.916. The second-order valence-corrected chi connectivity index (χ2v) is 5.07. The summed E-state index contributed by atoms with van der Waals surface area (Å²) in [5, 5.41) is 14.3. The van der Waals surface area contributed by atoms with Crippen LogP contribution in [0, 0.1) is 0 Å². The third kappa shape index (κ3) is 2.88. The number of aliphatic hydroxyl groups excluding tert-OH is 1. The summed E-state index contributed by atoms with van der Waals surface area (Å²) < 4.78 is 40.2. The van der Waals surface area contributed by atoms with Crippen molar-refractivity contribution in [2.24, 2.45) is 0 Å². The number of nitrogens with zero attached hydrogens (tertiary/aromatic N) is 2. The van der Waals surface area contributed by atoms with Crippen molar-refractivity contribution in [2.45, 2.75) is 25.7 Å². The van der Waals surface area contributed by atoms with Gasteiger partial charge in [-0.1, -0.05) is 12.1 Å². The number of alkyl halides is 3. The van der Waals surface area contributed by atoms with Crippen LogP contribution in [-0.4, -0.2) is 14.9 Å². The van der Waals surface area contributed by atoms with Gasteiger partial charge in [0.2, 0.25) is 0 Å². The van der Waals surface area contributed by atoms with Crippen molar-refractivity contribution in [1.29, 1.82) is 0 Å². The lowest BCUT2D eigenvalue weighted by Gasteiger charge is -2.15. The van der Waals surface area contributed by atoms with Crippen LogP contribution in [0.5, 0.6) is 0 Å². The lowest BCUT2D eigenvalue weighted by molar-refractivity contribution is -0.137. The van der Waals surface area contributed by atoms with E-state index in [4.69, 9.17) is 0 Å². The Morgan fingerprint density at radius 3 is 2.70 bits per heavy atom. The molecule has 0 bridgehead atoms. The van der Waals surface area contributed by atoms with E-state index in [1.165, 1.54) is 23.0 Å². The topological polar surface area (TPSA) is 38.0 Å². The number of aryl methyl sites for hydroxylation is 1. The van der Waals surface area contributed by atoms with Crippen LogP contribution in [-0.2, 0) is 12.7 Å². The predicted molar refractivity (Wildman–Crippen MR) is 71.1 cm³/mol. The first-order valence-corrected chi connectivity index (χ1v) is 6.70. The first-order valence-electron chi connectivity index (χ1n) is 5.91. The van der Waals surface area contributed by atoms with E-state index >= 15 is 0 Å². The minimum atomic E-state index is -4.43.